The second-order valence-electron chi connectivity index (χ2n) is 3.68. The van der Waals surface area contributed by atoms with Crippen LogP contribution in [-0.4, -0.2) is 44.3 Å². The lowest BCUT2D eigenvalue weighted by molar-refractivity contribution is -0.122. The number of allylic oxidation sites excluding steroid dienone is 2. The van der Waals surface area contributed by atoms with E-state index in [2.05, 4.69) is 27.5 Å². The molecule has 0 radical (unpaired) electrons. The number of thiocarbonyl (C=S) groups is 1. The highest BCUT2D eigenvalue weighted by atomic mass is 127. The van der Waals surface area contributed by atoms with Crippen molar-refractivity contribution >= 4 is 57.7 Å². The number of hydrogen-bond acceptors (Lipinski definition) is 5. The standard InChI is InChI=1S/C11H13IN2O2S2/c1-2-14-10(15)8(16-11(14)17)3-4-9-13(7-12)5-6-18-9/h3-4H,2,5-7H2,1H3/b8-3-,9-4-. The Balaban J connectivity index is 2.13. The van der Waals surface area contributed by atoms with Crippen molar-refractivity contribution in [1.82, 2.24) is 9.80 Å². The maximum Gasteiger partial charge on any atom is 0.297 e. The normalized spacial score (nSPS) is 24.6. The summed E-state index contributed by atoms with van der Waals surface area (Å²) in [6.45, 7) is 3.47. The summed E-state index contributed by atoms with van der Waals surface area (Å²) >= 11 is 9.12. The van der Waals surface area contributed by atoms with Gasteiger partial charge in [-0.15, -0.1) is 11.8 Å². The van der Waals surface area contributed by atoms with Crippen LogP contribution < -0.4 is 0 Å². The number of halogens is 1. The molecule has 0 aromatic heterocycles. The number of thioether (sulfide) groups is 1. The number of nitrogens with zero attached hydrogens (tertiary/aromatic N) is 2. The highest BCUT2D eigenvalue weighted by Gasteiger charge is 2.31. The first kappa shape index (κ1) is 14.1. The van der Waals surface area contributed by atoms with Gasteiger partial charge in [-0.25, -0.2) is 0 Å². The van der Waals surface area contributed by atoms with Crippen LogP contribution in [0.3, 0.4) is 0 Å². The molecule has 0 atom stereocenters. The Morgan fingerprint density at radius 2 is 2.33 bits per heavy atom. The molecule has 0 aromatic rings. The fourth-order valence-corrected chi connectivity index (χ4v) is 3.93. The van der Waals surface area contributed by atoms with Crippen molar-refractivity contribution in [2.45, 2.75) is 6.92 Å². The van der Waals surface area contributed by atoms with Crippen molar-refractivity contribution in [2.24, 2.45) is 0 Å². The summed E-state index contributed by atoms with van der Waals surface area (Å²) in [4.78, 5) is 15.6. The average Bonchev–Trinajstić information content (AvgIpc) is 2.91. The van der Waals surface area contributed by atoms with Crippen molar-refractivity contribution in [3.05, 3.63) is 22.9 Å². The molecule has 18 heavy (non-hydrogen) atoms. The zero-order valence-corrected chi connectivity index (χ0v) is 13.7. The van der Waals surface area contributed by atoms with Gasteiger partial charge in [0.05, 0.1) is 9.58 Å². The molecule has 2 rings (SSSR count). The third-order valence-electron chi connectivity index (χ3n) is 2.63. The number of likely N-dealkylation sites (N-methyl/N-ethyl adjacent to an activating group) is 1. The Kier molecular flexibility index (Phi) is 4.91. The van der Waals surface area contributed by atoms with E-state index in [9.17, 15) is 4.79 Å². The fourth-order valence-electron chi connectivity index (χ4n) is 1.67. The lowest BCUT2D eigenvalue weighted by Gasteiger charge is -2.13. The van der Waals surface area contributed by atoms with Gasteiger partial charge in [0.1, 0.15) is 0 Å². The minimum Gasteiger partial charge on any atom is -0.426 e. The molecule has 0 aromatic carbocycles. The van der Waals surface area contributed by atoms with E-state index in [1.807, 2.05) is 13.0 Å². The van der Waals surface area contributed by atoms with Gasteiger partial charge in [0.2, 0.25) is 0 Å². The summed E-state index contributed by atoms with van der Waals surface area (Å²) in [7, 11) is 0. The van der Waals surface area contributed by atoms with Crippen LogP contribution in [0, 0.1) is 0 Å². The molecule has 0 spiro atoms. The summed E-state index contributed by atoms with van der Waals surface area (Å²) < 4.78 is 6.25. The Hall–Kier alpha value is -0.280. The summed E-state index contributed by atoms with van der Waals surface area (Å²) in [5, 5.41) is 1.42. The van der Waals surface area contributed by atoms with Crippen molar-refractivity contribution in [3.63, 3.8) is 0 Å². The number of carbonyl (C=O) groups excluding carboxylic acids is 1. The second-order valence-corrected chi connectivity index (χ2v) is 5.83. The minimum atomic E-state index is -0.150. The zero-order valence-electron chi connectivity index (χ0n) is 9.89. The molecule has 4 nitrogen and oxygen atoms in total. The molecular formula is C11H13IN2O2S2. The number of ether oxygens (including phenoxy) is 1. The Morgan fingerprint density at radius 1 is 1.56 bits per heavy atom. The molecule has 98 valence electrons. The summed E-state index contributed by atoms with van der Waals surface area (Å²) in [6.07, 6.45) is 3.66. The Labute approximate surface area is 130 Å². The summed E-state index contributed by atoms with van der Waals surface area (Å²) in [5.41, 5.74) is 0. The number of carbonyl (C=O) groups is 1. The van der Waals surface area contributed by atoms with Gasteiger partial charge < -0.3 is 9.64 Å². The van der Waals surface area contributed by atoms with Gasteiger partial charge in [0.25, 0.3) is 11.1 Å². The molecule has 0 aliphatic carbocycles. The van der Waals surface area contributed by atoms with Gasteiger partial charge >= 0.3 is 0 Å². The van der Waals surface area contributed by atoms with Crippen molar-refractivity contribution in [2.75, 3.05) is 23.4 Å². The molecule has 2 saturated heterocycles. The average molecular weight is 396 g/mol. The maximum absolute atomic E-state index is 11.9. The lowest BCUT2D eigenvalue weighted by Crippen LogP contribution is -2.27. The zero-order chi connectivity index (χ0) is 13.1. The van der Waals surface area contributed by atoms with Crippen LogP contribution in [0.4, 0.5) is 0 Å². The van der Waals surface area contributed by atoms with E-state index in [0.29, 0.717) is 12.3 Å². The van der Waals surface area contributed by atoms with E-state index >= 15 is 0 Å². The highest BCUT2D eigenvalue weighted by molar-refractivity contribution is 14.1. The largest absolute Gasteiger partial charge is 0.426 e. The van der Waals surface area contributed by atoms with Gasteiger partial charge in [0, 0.05) is 18.8 Å². The molecular weight excluding hydrogens is 383 g/mol. The predicted molar refractivity (Wildman–Crippen MR) is 85.3 cm³/mol. The van der Waals surface area contributed by atoms with Gasteiger partial charge in [-0.2, -0.15) is 0 Å². The minimum absolute atomic E-state index is 0.150. The predicted octanol–water partition coefficient (Wildman–Crippen LogP) is 2.32. The number of amides is 1. The van der Waals surface area contributed by atoms with E-state index in [0.717, 1.165) is 16.8 Å². The molecule has 2 fully saturated rings. The molecule has 0 N–H and O–H groups in total. The third-order valence-corrected chi connectivity index (χ3v) is 4.84. The first-order valence-corrected chi connectivity index (χ1v) is 8.48. The molecule has 2 aliphatic heterocycles. The molecule has 2 aliphatic rings. The van der Waals surface area contributed by atoms with Crippen molar-refractivity contribution < 1.29 is 9.53 Å². The first-order valence-electron chi connectivity index (χ1n) is 5.56. The van der Waals surface area contributed by atoms with Crippen LogP contribution in [0.25, 0.3) is 0 Å². The number of alkyl halides is 1. The van der Waals surface area contributed by atoms with Crippen molar-refractivity contribution in [3.8, 4) is 0 Å². The van der Waals surface area contributed by atoms with Crippen LogP contribution in [-0.2, 0) is 9.53 Å². The van der Waals surface area contributed by atoms with Crippen LogP contribution in [0.1, 0.15) is 6.92 Å². The monoisotopic (exact) mass is 396 g/mol. The van der Waals surface area contributed by atoms with Crippen LogP contribution in [0.15, 0.2) is 22.9 Å². The molecule has 2 heterocycles. The molecule has 7 heteroatoms. The first-order chi connectivity index (χ1) is 8.67. The van der Waals surface area contributed by atoms with E-state index in [1.54, 1.807) is 17.8 Å². The van der Waals surface area contributed by atoms with Crippen LogP contribution >= 0.6 is 46.6 Å². The fraction of sp³-hybridized carbons (Fsp3) is 0.455. The Bertz CT molecular complexity index is 437. The molecule has 1 amide bonds. The molecule has 0 bridgehead atoms. The number of rotatable bonds is 3. The molecule has 0 saturated carbocycles. The quantitative estimate of drug-likeness (QED) is 0.241. The maximum atomic E-state index is 11.9. The summed E-state index contributed by atoms with van der Waals surface area (Å²) in [6, 6.07) is 0. The van der Waals surface area contributed by atoms with Crippen LogP contribution in [0.2, 0.25) is 0 Å². The van der Waals surface area contributed by atoms with Gasteiger partial charge in [-0.05, 0) is 31.3 Å². The van der Waals surface area contributed by atoms with Crippen molar-refractivity contribution in [1.29, 1.82) is 0 Å². The molecule has 0 unspecified atom stereocenters. The van der Waals surface area contributed by atoms with E-state index in [-0.39, 0.29) is 11.1 Å². The number of hydrogen-bond donors (Lipinski definition) is 0. The Morgan fingerprint density at radius 3 is 2.94 bits per heavy atom. The van der Waals surface area contributed by atoms with E-state index in [1.165, 1.54) is 9.93 Å². The van der Waals surface area contributed by atoms with Gasteiger partial charge in [-0.1, -0.05) is 22.6 Å². The van der Waals surface area contributed by atoms with Gasteiger partial charge in [0.15, 0.2) is 5.76 Å². The SMILES string of the molecule is CCN1C(=O)/C(=C/C=C2\SCCN2CI)OC1=S. The lowest BCUT2D eigenvalue weighted by atomic mass is 10.4. The second kappa shape index (κ2) is 6.25. The topological polar surface area (TPSA) is 32.8 Å². The third kappa shape index (κ3) is 2.83. The van der Waals surface area contributed by atoms with E-state index in [4.69, 9.17) is 17.0 Å². The summed E-state index contributed by atoms with van der Waals surface area (Å²) in [5.74, 6) is 1.25. The van der Waals surface area contributed by atoms with E-state index < -0.39 is 0 Å². The highest BCUT2D eigenvalue weighted by Crippen LogP contribution is 2.28. The van der Waals surface area contributed by atoms with Gasteiger partial charge in [-0.3, -0.25) is 9.69 Å². The smallest absolute Gasteiger partial charge is 0.297 e. The van der Waals surface area contributed by atoms with Crippen LogP contribution in [0.5, 0.6) is 0 Å².